The summed E-state index contributed by atoms with van der Waals surface area (Å²) in [7, 11) is 0. The highest BCUT2D eigenvalue weighted by Gasteiger charge is 2.46. The van der Waals surface area contributed by atoms with Gasteiger partial charge in [-0.3, -0.25) is 9.97 Å². The van der Waals surface area contributed by atoms with Gasteiger partial charge in [-0.1, -0.05) is 272 Å². The van der Waals surface area contributed by atoms with Crippen molar-refractivity contribution in [1.29, 1.82) is 0 Å². The van der Waals surface area contributed by atoms with Crippen LogP contribution in [-0.2, 0) is 10.8 Å². The molecule has 7 heteroatoms. The van der Waals surface area contributed by atoms with Crippen molar-refractivity contribution in [3.05, 3.63) is 321 Å². The van der Waals surface area contributed by atoms with Crippen molar-refractivity contribution in [2.75, 3.05) is 9.80 Å². The van der Waals surface area contributed by atoms with Gasteiger partial charge >= 0.3 is 0 Å². The number of pyridine rings is 2. The van der Waals surface area contributed by atoms with Crippen molar-refractivity contribution in [2.24, 2.45) is 0 Å². The molecule has 2 aliphatic rings. The molecule has 0 N–H and O–H groups in total. The predicted octanol–water partition coefficient (Wildman–Crippen LogP) is 21.7. The highest BCUT2D eigenvalue weighted by atomic mass is 15.2. The summed E-state index contributed by atoms with van der Waals surface area (Å²) >= 11 is 0. The average Bonchev–Trinajstić information content (AvgIpc) is 0.939. The van der Waals surface area contributed by atoms with Crippen molar-refractivity contribution in [3.63, 3.8) is 0 Å². The van der Waals surface area contributed by atoms with Crippen LogP contribution in [0.15, 0.2) is 310 Å². The highest BCUT2D eigenvalue weighted by Crippen LogP contribution is 2.54. The molecule has 0 amide bonds. The fourth-order valence-corrected chi connectivity index (χ4v) is 15.7. The normalized spacial score (nSPS) is 12.8. The summed E-state index contributed by atoms with van der Waals surface area (Å²) < 4.78 is 4.99. The van der Waals surface area contributed by atoms with Crippen molar-refractivity contribution in [1.82, 2.24) is 19.1 Å². The van der Waals surface area contributed by atoms with E-state index in [4.69, 9.17) is 9.97 Å². The Bertz CT molecular complexity index is 5540. The summed E-state index contributed by atoms with van der Waals surface area (Å²) in [6.45, 7) is 13.8. The zero-order chi connectivity index (χ0) is 65.3. The monoisotopic (exact) mass is 1240 g/mol. The van der Waals surface area contributed by atoms with Crippen LogP contribution in [0.2, 0.25) is 0 Å². The molecule has 97 heavy (non-hydrogen) atoms. The second-order valence-electron chi connectivity index (χ2n) is 28.2. The molecule has 0 bridgehead atoms. The van der Waals surface area contributed by atoms with E-state index < -0.39 is 0 Å². The molecule has 4 aromatic heterocycles. The predicted molar refractivity (Wildman–Crippen MR) is 409 cm³/mol. The first-order valence-electron chi connectivity index (χ1n) is 33.8. The number of aromatic nitrogens is 4. The minimum atomic E-state index is -0.272. The van der Waals surface area contributed by atoms with Gasteiger partial charge in [0.25, 0.3) is 6.71 Å². The van der Waals surface area contributed by atoms with Gasteiger partial charge in [-0.15, -0.1) is 0 Å². The first-order chi connectivity index (χ1) is 47.4. The lowest BCUT2D eigenvalue weighted by atomic mass is 9.33. The third-order valence-electron chi connectivity index (χ3n) is 20.3. The molecular weight excluding hydrogens is 1180 g/mol. The number of anilines is 6. The minimum absolute atomic E-state index is 0.105. The maximum absolute atomic E-state index is 5.20. The summed E-state index contributed by atoms with van der Waals surface area (Å²) in [5.41, 5.74) is 29.7. The molecule has 0 saturated carbocycles. The van der Waals surface area contributed by atoms with Crippen molar-refractivity contribution < 1.29 is 0 Å². The van der Waals surface area contributed by atoms with Crippen LogP contribution in [0.1, 0.15) is 52.7 Å². The Morgan fingerprint density at radius 2 is 0.608 bits per heavy atom. The van der Waals surface area contributed by atoms with Gasteiger partial charge in [0, 0.05) is 97.0 Å². The molecule has 2 aliphatic heterocycles. The Labute approximate surface area is 566 Å². The van der Waals surface area contributed by atoms with E-state index in [0.29, 0.717) is 0 Å². The van der Waals surface area contributed by atoms with Gasteiger partial charge in [0.1, 0.15) is 0 Å². The molecule has 12 aromatic carbocycles. The fourth-order valence-electron chi connectivity index (χ4n) is 15.7. The van der Waals surface area contributed by atoms with Gasteiger partial charge in [-0.25, -0.2) is 0 Å². The van der Waals surface area contributed by atoms with Crippen LogP contribution < -0.4 is 26.2 Å². The number of hydrogen-bond acceptors (Lipinski definition) is 4. The van der Waals surface area contributed by atoms with Crippen LogP contribution in [0.3, 0.4) is 0 Å². The van der Waals surface area contributed by atoms with E-state index in [1.54, 1.807) is 0 Å². The molecule has 0 radical (unpaired) electrons. The third-order valence-corrected chi connectivity index (χ3v) is 20.3. The first kappa shape index (κ1) is 57.8. The van der Waals surface area contributed by atoms with E-state index in [2.05, 4.69) is 370 Å². The third kappa shape index (κ3) is 9.39. The van der Waals surface area contributed by atoms with E-state index in [0.717, 1.165) is 118 Å². The second kappa shape index (κ2) is 22.4. The van der Waals surface area contributed by atoms with Gasteiger partial charge in [0.15, 0.2) is 0 Å². The molecule has 0 spiro atoms. The zero-order valence-electron chi connectivity index (χ0n) is 55.2. The molecule has 0 fully saturated rings. The first-order valence-corrected chi connectivity index (χ1v) is 33.8. The Balaban J connectivity index is 1.04. The molecule has 462 valence electrons. The summed E-state index contributed by atoms with van der Waals surface area (Å²) in [6, 6.07) is 106. The molecule has 6 nitrogen and oxygen atoms in total. The largest absolute Gasteiger partial charge is 0.310 e. The SMILES string of the molecule is CC(C)(C)c1cc(-c2ccc3c(c2)N(c2c(-c4ccccc4)cncc2-c2ccccc2)c2cc(-n4c5ccccc5c5ccccc54)cc4c2B3c2ccc(-n3c5ccccc5c5ccccc53)cc2N4c2c(-c3ccccc3)cncc2-c2ccccc2)cc(C(C)(C)C)c1. The van der Waals surface area contributed by atoms with Crippen molar-refractivity contribution in [3.8, 4) is 67.0 Å². The van der Waals surface area contributed by atoms with Gasteiger partial charge in [0.2, 0.25) is 0 Å². The molecule has 0 atom stereocenters. The van der Waals surface area contributed by atoms with E-state index in [1.165, 1.54) is 54.6 Å². The van der Waals surface area contributed by atoms with E-state index in [-0.39, 0.29) is 17.5 Å². The highest BCUT2D eigenvalue weighted by molar-refractivity contribution is 7.00. The summed E-state index contributed by atoms with van der Waals surface area (Å²) in [5.74, 6) is 0. The number of para-hydroxylation sites is 4. The Morgan fingerprint density at radius 3 is 0.990 bits per heavy atom. The van der Waals surface area contributed by atoms with Gasteiger partial charge < -0.3 is 18.9 Å². The summed E-state index contributed by atoms with van der Waals surface area (Å²) in [4.78, 5) is 15.7. The number of nitrogens with zero attached hydrogens (tertiary/aromatic N) is 6. The van der Waals surface area contributed by atoms with Crippen LogP contribution >= 0.6 is 0 Å². The summed E-state index contributed by atoms with van der Waals surface area (Å²) in [5, 5.41) is 4.81. The number of hydrogen-bond donors (Lipinski definition) is 0. The Kier molecular flexibility index (Phi) is 13.4. The second-order valence-corrected chi connectivity index (χ2v) is 28.2. The molecule has 6 heterocycles. The van der Waals surface area contributed by atoms with E-state index in [1.807, 2.05) is 0 Å². The number of benzene rings is 12. The lowest BCUT2D eigenvalue weighted by Gasteiger charge is -2.46. The minimum Gasteiger partial charge on any atom is -0.310 e. The fraction of sp³-hybridized carbons (Fsp3) is 0.0889. The molecule has 0 aliphatic carbocycles. The maximum Gasteiger partial charge on any atom is 0.252 e. The number of fused-ring (bicyclic) bond motifs is 10. The lowest BCUT2D eigenvalue weighted by Crippen LogP contribution is -2.61. The molecular formula is C90H69BN6. The van der Waals surface area contributed by atoms with Crippen LogP contribution in [0, 0.1) is 0 Å². The van der Waals surface area contributed by atoms with Crippen molar-refractivity contribution in [2.45, 2.75) is 52.4 Å². The maximum atomic E-state index is 5.20. The molecule has 0 unspecified atom stereocenters. The molecule has 0 saturated heterocycles. The van der Waals surface area contributed by atoms with Crippen molar-refractivity contribution >= 4 is 101 Å². The Morgan fingerprint density at radius 1 is 0.278 bits per heavy atom. The standard InChI is InChI=1S/C90H69BN6/c1-89(2,3)64-47-63(48-65(50-64)90(4,5)6)62-43-45-76-82(49-62)96(87-72(58-27-11-7-12-28-58)54-92-55-73(87)59-29-13-8-14-30-59)84-52-67(95-80-41-25-21-37-70(80)71-38-22-26-42-81(71)95)53-85-86(84)91(76)77-46-44-66(94-78-39-23-19-35-68(78)69-36-20-24-40-79(69)94)51-83(77)97(85)88-74(60-31-15-9-16-32-60)56-93-57-75(88)61-33-17-10-18-34-61/h7-57H,1-6H3. The van der Waals surface area contributed by atoms with E-state index >= 15 is 0 Å². The van der Waals surface area contributed by atoms with Gasteiger partial charge in [-0.2, -0.15) is 0 Å². The summed E-state index contributed by atoms with van der Waals surface area (Å²) in [6.07, 6.45) is 8.35. The quantitative estimate of drug-likeness (QED) is 0.135. The molecule has 16 aromatic rings. The van der Waals surface area contributed by atoms with Gasteiger partial charge in [0.05, 0.1) is 39.1 Å². The van der Waals surface area contributed by atoms with E-state index in [9.17, 15) is 0 Å². The smallest absolute Gasteiger partial charge is 0.252 e. The van der Waals surface area contributed by atoms with Crippen LogP contribution in [0.4, 0.5) is 34.1 Å². The number of rotatable bonds is 9. The molecule has 18 rings (SSSR count). The zero-order valence-corrected chi connectivity index (χ0v) is 55.2. The van der Waals surface area contributed by atoms with Crippen LogP contribution in [-0.4, -0.2) is 25.8 Å². The van der Waals surface area contributed by atoms with Crippen LogP contribution in [0.25, 0.3) is 111 Å². The van der Waals surface area contributed by atoms with Crippen LogP contribution in [0.5, 0.6) is 0 Å². The average molecular weight is 1250 g/mol. The lowest BCUT2D eigenvalue weighted by molar-refractivity contribution is 0.569. The topological polar surface area (TPSA) is 42.1 Å². The van der Waals surface area contributed by atoms with Gasteiger partial charge in [-0.05, 0) is 126 Å². The Hall–Kier alpha value is -11.8.